The number of carbonyl (C=O) groups is 1. The Labute approximate surface area is 129 Å². The van der Waals surface area contributed by atoms with Gasteiger partial charge in [0.25, 0.3) is 0 Å². The molecule has 4 nitrogen and oxygen atoms in total. The van der Waals surface area contributed by atoms with Gasteiger partial charge in [0.2, 0.25) is 0 Å². The van der Waals surface area contributed by atoms with Gasteiger partial charge in [0, 0.05) is 29.7 Å². The van der Waals surface area contributed by atoms with E-state index in [-0.39, 0.29) is 11.9 Å². The summed E-state index contributed by atoms with van der Waals surface area (Å²) in [5.74, 6) is -0.286. The summed E-state index contributed by atoms with van der Waals surface area (Å²) in [6.45, 7) is 5.44. The molecule has 0 aliphatic heterocycles. The van der Waals surface area contributed by atoms with Crippen LogP contribution in [0.3, 0.4) is 0 Å². The Kier molecular flexibility index (Phi) is 5.90. The summed E-state index contributed by atoms with van der Waals surface area (Å²) in [4.78, 5) is 17.1. The van der Waals surface area contributed by atoms with Crippen molar-refractivity contribution in [3.8, 4) is 10.6 Å². The molecule has 1 aromatic heterocycles. The minimum atomic E-state index is -0.153. The van der Waals surface area contributed by atoms with E-state index in [1.807, 2.05) is 38.2 Å². The number of aromatic nitrogens is 1. The Morgan fingerprint density at radius 1 is 1.38 bits per heavy atom. The van der Waals surface area contributed by atoms with Crippen LogP contribution in [-0.4, -0.2) is 24.1 Å². The van der Waals surface area contributed by atoms with Crippen LogP contribution in [0, 0.1) is 5.92 Å². The number of nitrogens with one attached hydrogen (secondary N) is 1. The number of ether oxygens (including phenoxy) is 1. The van der Waals surface area contributed by atoms with Gasteiger partial charge in [0.1, 0.15) is 5.01 Å². The average Bonchev–Trinajstić information content (AvgIpc) is 2.97. The van der Waals surface area contributed by atoms with Crippen molar-refractivity contribution in [2.75, 3.05) is 13.2 Å². The minimum absolute atomic E-state index is 0.133. The molecule has 0 aliphatic carbocycles. The third kappa shape index (κ3) is 4.65. The zero-order valence-electron chi connectivity index (χ0n) is 12.3. The van der Waals surface area contributed by atoms with Crippen molar-refractivity contribution in [2.45, 2.75) is 20.4 Å². The highest BCUT2D eigenvalue weighted by atomic mass is 32.1. The first-order valence-electron chi connectivity index (χ1n) is 7.08. The lowest BCUT2D eigenvalue weighted by Gasteiger charge is -2.10. The second-order valence-corrected chi connectivity index (χ2v) is 5.90. The third-order valence-corrected chi connectivity index (χ3v) is 4.06. The van der Waals surface area contributed by atoms with Gasteiger partial charge >= 0.3 is 5.97 Å². The first kappa shape index (κ1) is 15.7. The standard InChI is InChI=1S/C16H20N2O2S/c1-3-20-16(19)12(2)9-17-10-14-11-18-15(21-14)13-7-5-4-6-8-13/h4-8,11-12,17H,3,9-10H2,1-2H3. The predicted octanol–water partition coefficient (Wildman–Crippen LogP) is 3.10. The van der Waals surface area contributed by atoms with Gasteiger partial charge in [0.05, 0.1) is 12.5 Å². The number of carbonyl (C=O) groups excluding carboxylic acids is 1. The minimum Gasteiger partial charge on any atom is -0.466 e. The monoisotopic (exact) mass is 304 g/mol. The van der Waals surface area contributed by atoms with Gasteiger partial charge in [-0.3, -0.25) is 4.79 Å². The van der Waals surface area contributed by atoms with E-state index in [1.54, 1.807) is 11.3 Å². The Hall–Kier alpha value is -1.72. The van der Waals surface area contributed by atoms with Gasteiger partial charge in [0.15, 0.2) is 0 Å². The molecule has 1 heterocycles. The van der Waals surface area contributed by atoms with Crippen molar-refractivity contribution in [3.05, 3.63) is 41.4 Å². The first-order valence-corrected chi connectivity index (χ1v) is 7.89. The van der Waals surface area contributed by atoms with Crippen molar-refractivity contribution >= 4 is 17.3 Å². The lowest BCUT2D eigenvalue weighted by molar-refractivity contribution is -0.147. The van der Waals surface area contributed by atoms with Crippen LogP contribution >= 0.6 is 11.3 Å². The normalized spacial score (nSPS) is 12.1. The quantitative estimate of drug-likeness (QED) is 0.799. The van der Waals surface area contributed by atoms with Crippen LogP contribution in [0.4, 0.5) is 0 Å². The van der Waals surface area contributed by atoms with E-state index in [4.69, 9.17) is 4.74 Å². The van der Waals surface area contributed by atoms with Crippen LogP contribution in [0.2, 0.25) is 0 Å². The van der Waals surface area contributed by atoms with Gasteiger partial charge in [-0.25, -0.2) is 4.98 Å². The highest BCUT2D eigenvalue weighted by Crippen LogP contribution is 2.24. The highest BCUT2D eigenvalue weighted by Gasteiger charge is 2.13. The molecule has 1 N–H and O–H groups in total. The Balaban J connectivity index is 1.82. The summed E-state index contributed by atoms with van der Waals surface area (Å²) in [5, 5.41) is 4.29. The molecular formula is C16H20N2O2S. The Morgan fingerprint density at radius 3 is 2.86 bits per heavy atom. The van der Waals surface area contributed by atoms with E-state index < -0.39 is 0 Å². The van der Waals surface area contributed by atoms with Crippen molar-refractivity contribution < 1.29 is 9.53 Å². The fourth-order valence-corrected chi connectivity index (χ4v) is 2.77. The molecular weight excluding hydrogens is 284 g/mol. The molecule has 0 saturated heterocycles. The molecule has 0 fully saturated rings. The molecule has 1 unspecified atom stereocenters. The molecule has 2 aromatic rings. The van der Waals surface area contributed by atoms with Crippen LogP contribution in [0.5, 0.6) is 0 Å². The number of hydrogen-bond acceptors (Lipinski definition) is 5. The Bertz CT molecular complexity index is 569. The second kappa shape index (κ2) is 7.90. The molecule has 21 heavy (non-hydrogen) atoms. The molecule has 0 saturated carbocycles. The topological polar surface area (TPSA) is 51.2 Å². The lowest BCUT2D eigenvalue weighted by Crippen LogP contribution is -2.27. The number of thiazole rings is 1. The molecule has 1 atom stereocenters. The van der Waals surface area contributed by atoms with E-state index in [0.717, 1.165) is 15.4 Å². The molecule has 0 aliphatic rings. The maximum atomic E-state index is 11.5. The molecule has 0 amide bonds. The molecule has 112 valence electrons. The fourth-order valence-electron chi connectivity index (χ4n) is 1.88. The van der Waals surface area contributed by atoms with Gasteiger partial charge in [-0.1, -0.05) is 37.3 Å². The van der Waals surface area contributed by atoms with Gasteiger partial charge in [-0.05, 0) is 6.92 Å². The predicted molar refractivity (Wildman–Crippen MR) is 85.1 cm³/mol. The summed E-state index contributed by atoms with van der Waals surface area (Å²) in [5.41, 5.74) is 1.13. The largest absolute Gasteiger partial charge is 0.466 e. The Morgan fingerprint density at radius 2 is 2.14 bits per heavy atom. The van der Waals surface area contributed by atoms with E-state index in [9.17, 15) is 4.79 Å². The molecule has 5 heteroatoms. The van der Waals surface area contributed by atoms with Crippen LogP contribution in [0.1, 0.15) is 18.7 Å². The molecule has 0 radical (unpaired) electrons. The molecule has 2 rings (SSSR count). The summed E-state index contributed by atoms with van der Waals surface area (Å²) < 4.78 is 4.98. The SMILES string of the molecule is CCOC(=O)C(C)CNCc1cnc(-c2ccccc2)s1. The van der Waals surface area contributed by atoms with E-state index in [1.165, 1.54) is 0 Å². The second-order valence-electron chi connectivity index (χ2n) is 4.78. The van der Waals surface area contributed by atoms with Gasteiger partial charge < -0.3 is 10.1 Å². The maximum absolute atomic E-state index is 11.5. The van der Waals surface area contributed by atoms with Crippen molar-refractivity contribution in [3.63, 3.8) is 0 Å². The molecule has 0 spiro atoms. The number of nitrogens with zero attached hydrogens (tertiary/aromatic N) is 1. The van der Waals surface area contributed by atoms with Gasteiger partial charge in [-0.2, -0.15) is 0 Å². The van der Waals surface area contributed by atoms with E-state index >= 15 is 0 Å². The van der Waals surface area contributed by atoms with Crippen molar-refractivity contribution in [1.82, 2.24) is 10.3 Å². The number of hydrogen-bond donors (Lipinski definition) is 1. The lowest BCUT2D eigenvalue weighted by atomic mass is 10.2. The number of benzene rings is 1. The smallest absolute Gasteiger partial charge is 0.309 e. The first-order chi connectivity index (χ1) is 10.2. The van der Waals surface area contributed by atoms with Crippen molar-refractivity contribution in [1.29, 1.82) is 0 Å². The van der Waals surface area contributed by atoms with Gasteiger partial charge in [-0.15, -0.1) is 11.3 Å². The van der Waals surface area contributed by atoms with Crippen molar-refractivity contribution in [2.24, 2.45) is 5.92 Å². The van der Waals surface area contributed by atoms with E-state index in [2.05, 4.69) is 22.4 Å². The number of esters is 1. The molecule has 0 bridgehead atoms. The highest BCUT2D eigenvalue weighted by molar-refractivity contribution is 7.15. The zero-order chi connectivity index (χ0) is 15.1. The van der Waals surface area contributed by atoms with Crippen LogP contribution in [0.25, 0.3) is 10.6 Å². The van der Waals surface area contributed by atoms with Crippen LogP contribution in [-0.2, 0) is 16.1 Å². The third-order valence-electron chi connectivity index (χ3n) is 3.01. The van der Waals surface area contributed by atoms with Crippen LogP contribution in [0.15, 0.2) is 36.5 Å². The fraction of sp³-hybridized carbons (Fsp3) is 0.375. The van der Waals surface area contributed by atoms with Crippen LogP contribution < -0.4 is 5.32 Å². The summed E-state index contributed by atoms with van der Waals surface area (Å²) in [7, 11) is 0. The summed E-state index contributed by atoms with van der Waals surface area (Å²) in [6.07, 6.45) is 1.88. The number of rotatable bonds is 7. The average molecular weight is 304 g/mol. The summed E-state index contributed by atoms with van der Waals surface area (Å²) in [6, 6.07) is 10.1. The molecule has 1 aromatic carbocycles. The maximum Gasteiger partial charge on any atom is 0.309 e. The zero-order valence-corrected chi connectivity index (χ0v) is 13.2. The summed E-state index contributed by atoms with van der Waals surface area (Å²) >= 11 is 1.67. The van der Waals surface area contributed by atoms with E-state index in [0.29, 0.717) is 19.7 Å².